The molecule has 0 aliphatic rings. The fraction of sp³-hybridized carbons (Fsp3) is 0.143. The minimum atomic E-state index is -0.507. The van der Waals surface area contributed by atoms with E-state index in [-0.39, 0.29) is 5.91 Å². The lowest BCUT2D eigenvalue weighted by atomic mass is 10.2. The molecule has 6 heteroatoms. The van der Waals surface area contributed by atoms with Crippen LogP contribution in [0, 0.1) is 13.8 Å². The largest absolute Gasteiger partial charge is 0.465 e. The highest BCUT2D eigenvalue weighted by atomic mass is 79.9. The maximum atomic E-state index is 12.2. The Labute approximate surface area is 124 Å². The van der Waals surface area contributed by atoms with E-state index in [0.717, 1.165) is 0 Å². The van der Waals surface area contributed by atoms with Gasteiger partial charge in [0.25, 0.3) is 5.91 Å². The average molecular weight is 337 g/mol. The SMILES string of the molecule is Cc1oc(C)c(C(=O)Nc2ccc(C(N)=O)cc2)c1Br. The van der Waals surface area contributed by atoms with Crippen molar-refractivity contribution in [3.05, 3.63) is 51.4 Å². The molecule has 0 radical (unpaired) electrons. The Hall–Kier alpha value is -2.08. The van der Waals surface area contributed by atoms with E-state index in [9.17, 15) is 9.59 Å². The quantitative estimate of drug-likeness (QED) is 0.903. The van der Waals surface area contributed by atoms with Crippen LogP contribution in [0.2, 0.25) is 0 Å². The molecule has 5 nitrogen and oxygen atoms in total. The highest BCUT2D eigenvalue weighted by molar-refractivity contribution is 9.10. The van der Waals surface area contributed by atoms with Crippen molar-refractivity contribution in [1.29, 1.82) is 0 Å². The third kappa shape index (κ3) is 2.75. The van der Waals surface area contributed by atoms with Gasteiger partial charge in [0, 0.05) is 11.3 Å². The Bertz CT molecular complexity index is 674. The molecule has 0 unspecified atom stereocenters. The summed E-state index contributed by atoms with van der Waals surface area (Å²) < 4.78 is 6.03. The van der Waals surface area contributed by atoms with Crippen molar-refractivity contribution in [2.24, 2.45) is 5.73 Å². The molecule has 3 N–H and O–H groups in total. The van der Waals surface area contributed by atoms with E-state index in [0.29, 0.717) is 32.8 Å². The maximum absolute atomic E-state index is 12.2. The first-order valence-corrected chi connectivity index (χ1v) is 6.66. The molecular weight excluding hydrogens is 324 g/mol. The molecule has 1 aromatic heterocycles. The number of nitrogens with one attached hydrogen (secondary N) is 1. The van der Waals surface area contributed by atoms with E-state index in [4.69, 9.17) is 10.2 Å². The van der Waals surface area contributed by atoms with E-state index >= 15 is 0 Å². The van der Waals surface area contributed by atoms with Gasteiger partial charge in [-0.3, -0.25) is 9.59 Å². The van der Waals surface area contributed by atoms with Gasteiger partial charge in [0.15, 0.2) is 0 Å². The number of rotatable bonds is 3. The summed E-state index contributed by atoms with van der Waals surface area (Å²) in [6.07, 6.45) is 0. The van der Waals surface area contributed by atoms with Gasteiger partial charge in [-0.25, -0.2) is 0 Å². The summed E-state index contributed by atoms with van der Waals surface area (Å²) in [5, 5.41) is 2.74. The molecule has 0 atom stereocenters. The smallest absolute Gasteiger partial charge is 0.260 e. The first kappa shape index (κ1) is 14.3. The topological polar surface area (TPSA) is 85.3 Å². The number of amides is 2. The van der Waals surface area contributed by atoms with Crippen LogP contribution in [0.15, 0.2) is 33.2 Å². The molecule has 2 rings (SSSR count). The third-order valence-electron chi connectivity index (χ3n) is 2.84. The van der Waals surface area contributed by atoms with Crippen LogP contribution >= 0.6 is 15.9 Å². The Morgan fingerprint density at radius 2 is 1.75 bits per heavy atom. The molecule has 1 aromatic carbocycles. The van der Waals surface area contributed by atoms with Gasteiger partial charge in [0.05, 0.1) is 10.0 Å². The molecule has 0 spiro atoms. The summed E-state index contributed by atoms with van der Waals surface area (Å²) in [6, 6.07) is 6.35. The lowest BCUT2D eigenvalue weighted by molar-refractivity contribution is 0.0998. The molecule has 0 saturated heterocycles. The van der Waals surface area contributed by atoms with Crippen molar-refractivity contribution in [2.45, 2.75) is 13.8 Å². The summed E-state index contributed by atoms with van der Waals surface area (Å²) in [4.78, 5) is 23.2. The van der Waals surface area contributed by atoms with Gasteiger partial charge >= 0.3 is 0 Å². The number of carbonyl (C=O) groups excluding carboxylic acids is 2. The lowest BCUT2D eigenvalue weighted by Gasteiger charge is -2.05. The summed E-state index contributed by atoms with van der Waals surface area (Å²) in [7, 11) is 0. The van der Waals surface area contributed by atoms with Crippen LogP contribution < -0.4 is 11.1 Å². The molecule has 1 heterocycles. The van der Waals surface area contributed by atoms with E-state index in [2.05, 4.69) is 21.2 Å². The summed E-state index contributed by atoms with van der Waals surface area (Å²) in [5.74, 6) is 0.405. The number of benzene rings is 1. The second-order valence-electron chi connectivity index (χ2n) is 4.30. The number of halogens is 1. The molecular formula is C14H13BrN2O3. The fourth-order valence-corrected chi connectivity index (χ4v) is 2.37. The monoisotopic (exact) mass is 336 g/mol. The molecule has 104 valence electrons. The van der Waals surface area contributed by atoms with Crippen LogP contribution in [0.25, 0.3) is 0 Å². The van der Waals surface area contributed by atoms with Crippen LogP contribution in [0.3, 0.4) is 0 Å². The number of anilines is 1. The zero-order valence-electron chi connectivity index (χ0n) is 11.0. The van der Waals surface area contributed by atoms with Gasteiger partial charge in [-0.1, -0.05) is 0 Å². The maximum Gasteiger partial charge on any atom is 0.260 e. The van der Waals surface area contributed by atoms with Crippen molar-refractivity contribution < 1.29 is 14.0 Å². The number of nitrogens with two attached hydrogens (primary N) is 1. The van der Waals surface area contributed by atoms with Crippen molar-refractivity contribution in [3.63, 3.8) is 0 Å². The molecule has 20 heavy (non-hydrogen) atoms. The second kappa shape index (κ2) is 5.50. The van der Waals surface area contributed by atoms with Crippen molar-refractivity contribution >= 4 is 33.4 Å². The zero-order chi connectivity index (χ0) is 14.9. The standard InChI is InChI=1S/C14H13BrN2O3/c1-7-11(12(15)8(2)20-7)14(19)17-10-5-3-9(4-6-10)13(16)18/h3-6H,1-2H3,(H2,16,18)(H,17,19). The molecule has 0 fully saturated rings. The van der Waals surface area contributed by atoms with Gasteiger partial charge in [-0.05, 0) is 54.0 Å². The van der Waals surface area contributed by atoms with E-state index in [1.165, 1.54) is 0 Å². The molecule has 0 aliphatic heterocycles. The molecule has 0 aliphatic carbocycles. The van der Waals surface area contributed by atoms with Gasteiger partial charge in [0.2, 0.25) is 5.91 Å². The van der Waals surface area contributed by atoms with Gasteiger partial charge in [-0.15, -0.1) is 0 Å². The Balaban J connectivity index is 2.21. The Morgan fingerprint density at radius 3 is 2.20 bits per heavy atom. The summed E-state index contributed by atoms with van der Waals surface area (Å²) in [6.45, 7) is 3.50. The fourth-order valence-electron chi connectivity index (χ4n) is 1.83. The number of furan rings is 1. The summed E-state index contributed by atoms with van der Waals surface area (Å²) >= 11 is 3.33. The minimum Gasteiger partial charge on any atom is -0.465 e. The van der Waals surface area contributed by atoms with Crippen LogP contribution in [0.5, 0.6) is 0 Å². The first-order chi connectivity index (χ1) is 9.40. The second-order valence-corrected chi connectivity index (χ2v) is 5.09. The molecule has 2 amide bonds. The lowest BCUT2D eigenvalue weighted by Crippen LogP contribution is -2.14. The molecule has 0 bridgehead atoms. The predicted octanol–water partition coefficient (Wildman–Crippen LogP) is 3.01. The van der Waals surface area contributed by atoms with Crippen LogP contribution in [0.4, 0.5) is 5.69 Å². The minimum absolute atomic E-state index is 0.280. The number of hydrogen-bond donors (Lipinski definition) is 2. The van der Waals surface area contributed by atoms with E-state index < -0.39 is 5.91 Å². The molecule has 2 aromatic rings. The van der Waals surface area contributed by atoms with E-state index in [1.54, 1.807) is 38.1 Å². The number of carbonyl (C=O) groups is 2. The van der Waals surface area contributed by atoms with Crippen molar-refractivity contribution in [1.82, 2.24) is 0 Å². The highest BCUT2D eigenvalue weighted by Gasteiger charge is 2.19. The van der Waals surface area contributed by atoms with Crippen LogP contribution in [0.1, 0.15) is 32.2 Å². The van der Waals surface area contributed by atoms with Gasteiger partial charge in [0.1, 0.15) is 11.5 Å². The van der Waals surface area contributed by atoms with Gasteiger partial charge in [-0.2, -0.15) is 0 Å². The summed E-state index contributed by atoms with van der Waals surface area (Å²) in [5.41, 5.74) is 6.58. The first-order valence-electron chi connectivity index (χ1n) is 5.87. The number of hydrogen-bond acceptors (Lipinski definition) is 3. The van der Waals surface area contributed by atoms with E-state index in [1.807, 2.05) is 0 Å². The molecule has 0 saturated carbocycles. The normalized spacial score (nSPS) is 10.3. The Kier molecular flexibility index (Phi) is 3.94. The van der Waals surface area contributed by atoms with Gasteiger partial charge < -0.3 is 15.5 Å². The zero-order valence-corrected chi connectivity index (χ0v) is 12.6. The Morgan fingerprint density at radius 1 is 1.15 bits per heavy atom. The number of aryl methyl sites for hydroxylation is 2. The van der Waals surface area contributed by atoms with Crippen LogP contribution in [-0.2, 0) is 0 Å². The van der Waals surface area contributed by atoms with Crippen molar-refractivity contribution in [3.8, 4) is 0 Å². The average Bonchev–Trinajstić information content (AvgIpc) is 2.63. The number of primary amides is 1. The predicted molar refractivity (Wildman–Crippen MR) is 78.8 cm³/mol. The third-order valence-corrected chi connectivity index (χ3v) is 3.80. The van der Waals surface area contributed by atoms with Crippen molar-refractivity contribution in [2.75, 3.05) is 5.32 Å². The highest BCUT2D eigenvalue weighted by Crippen LogP contribution is 2.28. The van der Waals surface area contributed by atoms with Crippen LogP contribution in [-0.4, -0.2) is 11.8 Å².